The minimum absolute atomic E-state index is 0.115. The van der Waals surface area contributed by atoms with E-state index in [2.05, 4.69) is 5.32 Å². The minimum atomic E-state index is -4.39. The van der Waals surface area contributed by atoms with Gasteiger partial charge in [0.1, 0.15) is 0 Å². The second kappa shape index (κ2) is 9.39. The summed E-state index contributed by atoms with van der Waals surface area (Å²) < 4.78 is 43.5. The predicted octanol–water partition coefficient (Wildman–Crippen LogP) is 4.52. The van der Waals surface area contributed by atoms with Crippen molar-refractivity contribution in [1.29, 1.82) is 0 Å². The van der Waals surface area contributed by atoms with E-state index in [9.17, 15) is 18.0 Å². The second-order valence-corrected chi connectivity index (χ2v) is 5.65. The quantitative estimate of drug-likeness (QED) is 0.392. The number of benzene rings is 1. The van der Waals surface area contributed by atoms with Crippen LogP contribution in [0.4, 0.5) is 24.5 Å². The molecule has 0 saturated heterocycles. The molecular formula is C17H25F3N2O2. The maximum atomic E-state index is 12.9. The van der Waals surface area contributed by atoms with Gasteiger partial charge < -0.3 is 15.8 Å². The third-order valence-electron chi connectivity index (χ3n) is 3.63. The Morgan fingerprint density at radius 3 is 2.50 bits per heavy atom. The number of alkyl halides is 3. The molecule has 0 aliphatic carbocycles. The van der Waals surface area contributed by atoms with Crippen molar-refractivity contribution < 1.29 is 22.7 Å². The van der Waals surface area contributed by atoms with Gasteiger partial charge in [-0.3, -0.25) is 4.79 Å². The number of aryl methyl sites for hydroxylation is 1. The summed E-state index contributed by atoms with van der Waals surface area (Å²) >= 11 is 0. The Morgan fingerprint density at radius 1 is 1.21 bits per heavy atom. The average Bonchev–Trinajstić information content (AvgIpc) is 2.47. The van der Waals surface area contributed by atoms with E-state index >= 15 is 0 Å². The van der Waals surface area contributed by atoms with E-state index in [4.69, 9.17) is 10.5 Å². The number of unbranched alkanes of at least 4 members (excludes halogenated alkanes) is 3. The Kier molecular flexibility index (Phi) is 7.88. The standard InChI is InChI=1S/C17H25F3N2O2/c1-3-24-16(23)8-6-4-5-7-9-22-15-11-13(17(18,19)20)12(2)10-14(15)21/h10-11,22H,3-9,21H2,1-2H3. The number of hydrogen-bond donors (Lipinski definition) is 2. The molecule has 136 valence electrons. The molecule has 1 rings (SSSR count). The number of nitrogens with two attached hydrogens (primary N) is 1. The van der Waals surface area contributed by atoms with Gasteiger partial charge in [0.05, 0.1) is 23.5 Å². The first kappa shape index (κ1) is 20.1. The Bertz CT molecular complexity index is 545. The minimum Gasteiger partial charge on any atom is -0.466 e. The fourth-order valence-corrected chi connectivity index (χ4v) is 2.39. The largest absolute Gasteiger partial charge is 0.466 e. The molecule has 1 aromatic carbocycles. The monoisotopic (exact) mass is 346 g/mol. The SMILES string of the molecule is CCOC(=O)CCCCCCNc1cc(C(F)(F)F)c(C)cc1N. The van der Waals surface area contributed by atoms with E-state index in [1.165, 1.54) is 13.0 Å². The van der Waals surface area contributed by atoms with Gasteiger partial charge >= 0.3 is 12.1 Å². The van der Waals surface area contributed by atoms with Crippen molar-refractivity contribution in [1.82, 2.24) is 0 Å². The Labute approximate surface area is 140 Å². The molecule has 0 atom stereocenters. The maximum absolute atomic E-state index is 12.9. The Balaban J connectivity index is 2.37. The lowest BCUT2D eigenvalue weighted by atomic mass is 10.1. The summed E-state index contributed by atoms with van der Waals surface area (Å²) in [6, 6.07) is 2.40. The lowest BCUT2D eigenvalue weighted by molar-refractivity contribution is -0.143. The van der Waals surface area contributed by atoms with Gasteiger partial charge in [0.15, 0.2) is 0 Å². The fraction of sp³-hybridized carbons (Fsp3) is 0.588. The van der Waals surface area contributed by atoms with Crippen LogP contribution in [0.5, 0.6) is 0 Å². The van der Waals surface area contributed by atoms with Crippen LogP contribution in [0.1, 0.15) is 50.2 Å². The molecular weight excluding hydrogens is 321 g/mol. The van der Waals surface area contributed by atoms with Crippen LogP contribution in [0.25, 0.3) is 0 Å². The molecule has 0 heterocycles. The molecule has 3 N–H and O–H groups in total. The maximum Gasteiger partial charge on any atom is 0.416 e. The summed E-state index contributed by atoms with van der Waals surface area (Å²) in [5.41, 5.74) is 5.83. The van der Waals surface area contributed by atoms with Gasteiger partial charge in [0.2, 0.25) is 0 Å². The van der Waals surface area contributed by atoms with E-state index < -0.39 is 11.7 Å². The Morgan fingerprint density at radius 2 is 1.88 bits per heavy atom. The van der Waals surface area contributed by atoms with Crippen molar-refractivity contribution in [2.24, 2.45) is 0 Å². The van der Waals surface area contributed by atoms with E-state index in [1.54, 1.807) is 6.92 Å². The molecule has 24 heavy (non-hydrogen) atoms. The molecule has 0 amide bonds. The highest BCUT2D eigenvalue weighted by Crippen LogP contribution is 2.35. The van der Waals surface area contributed by atoms with Gasteiger partial charge in [-0.25, -0.2) is 0 Å². The van der Waals surface area contributed by atoms with Crippen molar-refractivity contribution in [3.8, 4) is 0 Å². The van der Waals surface area contributed by atoms with Gasteiger partial charge in [0.25, 0.3) is 0 Å². The van der Waals surface area contributed by atoms with Crippen LogP contribution < -0.4 is 11.1 Å². The average molecular weight is 346 g/mol. The van der Waals surface area contributed by atoms with Crippen LogP contribution in [-0.2, 0) is 15.7 Å². The summed E-state index contributed by atoms with van der Waals surface area (Å²) in [5.74, 6) is -0.192. The number of carbonyl (C=O) groups excluding carboxylic acids is 1. The molecule has 0 fully saturated rings. The summed E-state index contributed by atoms with van der Waals surface area (Å²) in [4.78, 5) is 11.2. The molecule has 0 saturated carbocycles. The number of carbonyl (C=O) groups is 1. The molecule has 1 aromatic rings. The van der Waals surface area contributed by atoms with Crippen molar-refractivity contribution in [3.05, 3.63) is 23.3 Å². The van der Waals surface area contributed by atoms with E-state index in [1.807, 2.05) is 0 Å². The van der Waals surface area contributed by atoms with Crippen LogP contribution in [0, 0.1) is 6.92 Å². The van der Waals surface area contributed by atoms with Gasteiger partial charge in [-0.05, 0) is 44.4 Å². The topological polar surface area (TPSA) is 64.3 Å². The van der Waals surface area contributed by atoms with Gasteiger partial charge in [-0.15, -0.1) is 0 Å². The van der Waals surface area contributed by atoms with Crippen LogP contribution in [0.2, 0.25) is 0 Å². The second-order valence-electron chi connectivity index (χ2n) is 5.65. The van der Waals surface area contributed by atoms with E-state index in [0.717, 1.165) is 31.7 Å². The normalized spacial score (nSPS) is 11.4. The highest BCUT2D eigenvalue weighted by Gasteiger charge is 2.33. The van der Waals surface area contributed by atoms with Gasteiger partial charge in [-0.1, -0.05) is 12.8 Å². The molecule has 0 spiro atoms. The zero-order chi connectivity index (χ0) is 18.2. The smallest absolute Gasteiger partial charge is 0.416 e. The number of nitrogen functional groups attached to an aromatic ring is 1. The van der Waals surface area contributed by atoms with Crippen molar-refractivity contribution in [3.63, 3.8) is 0 Å². The van der Waals surface area contributed by atoms with Crippen LogP contribution in [0.3, 0.4) is 0 Å². The number of rotatable bonds is 9. The van der Waals surface area contributed by atoms with Crippen molar-refractivity contribution in [2.45, 2.75) is 52.1 Å². The number of nitrogens with one attached hydrogen (secondary N) is 1. The Hall–Kier alpha value is -1.92. The first-order valence-electron chi connectivity index (χ1n) is 8.12. The third kappa shape index (κ3) is 6.68. The highest BCUT2D eigenvalue weighted by atomic mass is 19.4. The highest BCUT2D eigenvalue weighted by molar-refractivity contribution is 5.69. The van der Waals surface area contributed by atoms with E-state index in [-0.39, 0.29) is 11.5 Å². The van der Waals surface area contributed by atoms with Crippen molar-refractivity contribution in [2.75, 3.05) is 24.2 Å². The fourth-order valence-electron chi connectivity index (χ4n) is 2.39. The number of esters is 1. The lowest BCUT2D eigenvalue weighted by Gasteiger charge is -2.15. The van der Waals surface area contributed by atoms with Gasteiger partial charge in [-0.2, -0.15) is 13.2 Å². The molecule has 0 radical (unpaired) electrons. The van der Waals surface area contributed by atoms with Crippen LogP contribution in [-0.4, -0.2) is 19.1 Å². The third-order valence-corrected chi connectivity index (χ3v) is 3.63. The van der Waals surface area contributed by atoms with Crippen LogP contribution >= 0.6 is 0 Å². The van der Waals surface area contributed by atoms with E-state index in [0.29, 0.717) is 30.9 Å². The van der Waals surface area contributed by atoms with Crippen molar-refractivity contribution >= 4 is 17.3 Å². The summed E-state index contributed by atoms with van der Waals surface area (Å²) in [5, 5.41) is 2.96. The molecule has 0 aliphatic heterocycles. The first-order valence-corrected chi connectivity index (χ1v) is 8.12. The van der Waals surface area contributed by atoms with Gasteiger partial charge in [0, 0.05) is 13.0 Å². The molecule has 0 bridgehead atoms. The summed E-state index contributed by atoms with van der Waals surface area (Å²) in [7, 11) is 0. The summed E-state index contributed by atoms with van der Waals surface area (Å²) in [6.07, 6.45) is -0.689. The lowest BCUT2D eigenvalue weighted by Crippen LogP contribution is -2.11. The predicted molar refractivity (Wildman–Crippen MR) is 88.8 cm³/mol. The number of halogens is 3. The number of ether oxygens (including phenoxy) is 1. The summed E-state index contributed by atoms with van der Waals surface area (Å²) in [6.45, 7) is 4.08. The zero-order valence-electron chi connectivity index (χ0n) is 14.1. The zero-order valence-corrected chi connectivity index (χ0v) is 14.1. The number of hydrogen-bond acceptors (Lipinski definition) is 4. The molecule has 4 nitrogen and oxygen atoms in total. The van der Waals surface area contributed by atoms with Crippen LogP contribution in [0.15, 0.2) is 12.1 Å². The molecule has 0 unspecified atom stereocenters. The first-order chi connectivity index (χ1) is 11.3. The number of anilines is 2. The molecule has 0 aliphatic rings. The molecule has 0 aromatic heterocycles. The molecule has 7 heteroatoms.